The summed E-state index contributed by atoms with van der Waals surface area (Å²) in [5.74, 6) is 0.209. The van der Waals surface area contributed by atoms with Gasteiger partial charge in [0.1, 0.15) is 5.71 Å². The van der Waals surface area contributed by atoms with Crippen LogP contribution in [0.3, 0.4) is 0 Å². The number of ketones is 1. The largest absolute Gasteiger partial charge is 0.390 e. The van der Waals surface area contributed by atoms with Crippen molar-refractivity contribution in [1.82, 2.24) is 0 Å². The highest BCUT2D eigenvalue weighted by atomic mass is 16.7. The number of fused-ring (bicyclic) bond motifs is 2. The Balaban J connectivity index is 1.82. The molecule has 0 aromatic heterocycles. The Bertz CT molecular complexity index is 800. The minimum atomic E-state index is -0.667. The van der Waals surface area contributed by atoms with Crippen molar-refractivity contribution in [2.24, 2.45) is 21.4 Å². The summed E-state index contributed by atoms with van der Waals surface area (Å²) in [5, 5.41) is 4.45. The van der Waals surface area contributed by atoms with Gasteiger partial charge >= 0.3 is 0 Å². The summed E-state index contributed by atoms with van der Waals surface area (Å²) in [6, 6.07) is 10.0. The monoisotopic (exact) mass is 309 g/mol. The number of rotatable bonds is 1. The summed E-state index contributed by atoms with van der Waals surface area (Å²) in [4.78, 5) is 19.3. The molecule has 1 spiro atoms. The number of hydrogen-bond donors (Lipinski definition) is 0. The van der Waals surface area contributed by atoms with Crippen molar-refractivity contribution < 1.29 is 14.4 Å². The fourth-order valence-electron chi connectivity index (χ4n) is 5.36. The molecule has 4 aliphatic rings. The summed E-state index contributed by atoms with van der Waals surface area (Å²) in [5.41, 5.74) is -0.583. The normalized spacial score (nSPS) is 49.1. The van der Waals surface area contributed by atoms with E-state index in [2.05, 4.69) is 11.2 Å². The van der Waals surface area contributed by atoms with Gasteiger partial charge < -0.3 is 9.57 Å². The van der Waals surface area contributed by atoms with Crippen LogP contribution in [0.2, 0.25) is 0 Å². The quantitative estimate of drug-likeness (QED) is 0.749. The molecule has 2 fully saturated rings. The molecule has 0 unspecified atom stereocenters. The summed E-state index contributed by atoms with van der Waals surface area (Å²) >= 11 is 0. The number of ether oxygens (including phenoxy) is 1. The highest BCUT2D eigenvalue weighted by Crippen LogP contribution is 2.73. The van der Waals surface area contributed by atoms with Crippen molar-refractivity contribution in [3.05, 3.63) is 48.0 Å². The van der Waals surface area contributed by atoms with E-state index in [1.807, 2.05) is 57.2 Å². The molecule has 4 nitrogen and oxygen atoms in total. The molecule has 2 aliphatic heterocycles. The number of Topliss-reactive ketones (excluding diaryl/α,β-unsaturated/α-hetero) is 1. The summed E-state index contributed by atoms with van der Waals surface area (Å²) in [7, 11) is 0. The maximum absolute atomic E-state index is 13.4. The van der Waals surface area contributed by atoms with Crippen molar-refractivity contribution in [1.29, 1.82) is 0 Å². The van der Waals surface area contributed by atoms with Crippen molar-refractivity contribution in [2.45, 2.75) is 32.5 Å². The first-order valence-corrected chi connectivity index (χ1v) is 8.09. The molecule has 1 aromatic carbocycles. The SMILES string of the molecule is C[C@]12C(=O)[C@]3(C)C=C[C@@]1(C)OC[C@]21C(c2ccccc2)=NO[C@H]31. The first kappa shape index (κ1) is 13.5. The van der Waals surface area contributed by atoms with Gasteiger partial charge in [-0.05, 0) is 20.8 Å². The Morgan fingerprint density at radius 3 is 2.61 bits per heavy atom. The highest BCUT2D eigenvalue weighted by Gasteiger charge is 2.85. The molecule has 0 amide bonds. The maximum atomic E-state index is 13.4. The standard InChI is InChI=1S/C19H19NO3/c1-16-9-10-17(2)18(3,14(16)21)19(11-22-17)13(20-23-15(16)19)12-7-5-4-6-8-12/h4-10,15H,11H2,1-3H3/t15-,16+,17-,18+,19-/m1/s1. The number of nitrogens with zero attached hydrogens (tertiary/aromatic N) is 1. The van der Waals surface area contributed by atoms with Crippen molar-refractivity contribution >= 4 is 11.5 Å². The Hall–Kier alpha value is -1.94. The van der Waals surface area contributed by atoms with E-state index in [4.69, 9.17) is 9.57 Å². The molecular weight excluding hydrogens is 290 g/mol. The maximum Gasteiger partial charge on any atom is 0.157 e. The van der Waals surface area contributed by atoms with Gasteiger partial charge in [-0.2, -0.15) is 0 Å². The minimum Gasteiger partial charge on any atom is -0.390 e. The average Bonchev–Trinajstić information content (AvgIpc) is 3.09. The fraction of sp³-hybridized carbons (Fsp3) is 0.474. The molecule has 0 N–H and O–H groups in total. The zero-order valence-electron chi connectivity index (χ0n) is 13.5. The van der Waals surface area contributed by atoms with Crippen molar-refractivity contribution in [3.8, 4) is 0 Å². The molecule has 1 saturated carbocycles. The molecule has 5 rings (SSSR count). The van der Waals surface area contributed by atoms with Crippen LogP contribution in [0.15, 0.2) is 47.6 Å². The lowest BCUT2D eigenvalue weighted by Gasteiger charge is -2.42. The van der Waals surface area contributed by atoms with Crippen LogP contribution in [0.5, 0.6) is 0 Å². The molecule has 118 valence electrons. The van der Waals surface area contributed by atoms with E-state index in [0.29, 0.717) is 6.61 Å². The number of carbonyl (C=O) groups is 1. The van der Waals surface area contributed by atoms with E-state index >= 15 is 0 Å². The van der Waals surface area contributed by atoms with Gasteiger partial charge in [0.15, 0.2) is 11.9 Å². The van der Waals surface area contributed by atoms with Crippen LogP contribution in [0, 0.1) is 16.2 Å². The molecule has 1 saturated heterocycles. The molecule has 2 bridgehead atoms. The fourth-order valence-corrected chi connectivity index (χ4v) is 5.36. The van der Waals surface area contributed by atoms with E-state index in [9.17, 15) is 4.79 Å². The summed E-state index contributed by atoms with van der Waals surface area (Å²) < 4.78 is 6.20. The Morgan fingerprint density at radius 2 is 1.87 bits per heavy atom. The van der Waals surface area contributed by atoms with Gasteiger partial charge in [0.25, 0.3) is 0 Å². The van der Waals surface area contributed by atoms with Gasteiger partial charge in [0.05, 0.1) is 28.5 Å². The Morgan fingerprint density at radius 1 is 1.13 bits per heavy atom. The van der Waals surface area contributed by atoms with Crippen LogP contribution in [0.4, 0.5) is 0 Å². The number of benzene rings is 1. The highest BCUT2D eigenvalue weighted by molar-refractivity contribution is 6.14. The lowest BCUT2D eigenvalue weighted by atomic mass is 9.57. The van der Waals surface area contributed by atoms with Crippen LogP contribution in [0.25, 0.3) is 0 Å². The van der Waals surface area contributed by atoms with Gasteiger partial charge in [-0.3, -0.25) is 4.79 Å². The third-order valence-electron chi connectivity index (χ3n) is 6.89. The van der Waals surface area contributed by atoms with E-state index < -0.39 is 21.8 Å². The van der Waals surface area contributed by atoms with Gasteiger partial charge in [-0.25, -0.2) is 0 Å². The topological polar surface area (TPSA) is 47.9 Å². The zero-order valence-corrected chi connectivity index (χ0v) is 13.5. The molecule has 1 aromatic rings. The summed E-state index contributed by atoms with van der Waals surface area (Å²) in [6.07, 6.45) is 3.74. The summed E-state index contributed by atoms with van der Waals surface area (Å²) in [6.45, 7) is 6.49. The number of oxime groups is 1. The molecule has 0 radical (unpaired) electrons. The molecule has 2 aliphatic carbocycles. The van der Waals surface area contributed by atoms with Gasteiger partial charge in [0.2, 0.25) is 0 Å². The second-order valence-corrected chi connectivity index (χ2v) is 7.73. The number of hydrogen-bond acceptors (Lipinski definition) is 4. The lowest BCUT2D eigenvalue weighted by Crippen LogP contribution is -2.54. The first-order chi connectivity index (χ1) is 10.9. The molecular formula is C19H19NO3. The zero-order chi connectivity index (χ0) is 16.1. The van der Waals surface area contributed by atoms with Crippen LogP contribution in [0.1, 0.15) is 26.3 Å². The number of carbonyl (C=O) groups excluding carboxylic acids is 1. The second kappa shape index (κ2) is 3.59. The van der Waals surface area contributed by atoms with Gasteiger partial charge in [-0.15, -0.1) is 0 Å². The lowest BCUT2D eigenvalue weighted by molar-refractivity contribution is -0.141. The predicted molar refractivity (Wildman–Crippen MR) is 85.0 cm³/mol. The third-order valence-corrected chi connectivity index (χ3v) is 6.89. The van der Waals surface area contributed by atoms with Crippen LogP contribution in [-0.4, -0.2) is 29.8 Å². The molecule has 2 heterocycles. The molecule has 23 heavy (non-hydrogen) atoms. The van der Waals surface area contributed by atoms with Gasteiger partial charge in [0, 0.05) is 5.56 Å². The van der Waals surface area contributed by atoms with Crippen molar-refractivity contribution in [2.75, 3.05) is 6.61 Å². The predicted octanol–water partition coefficient (Wildman–Crippen LogP) is 2.73. The van der Waals surface area contributed by atoms with E-state index in [1.54, 1.807) is 0 Å². The van der Waals surface area contributed by atoms with Gasteiger partial charge in [-0.1, -0.05) is 47.6 Å². The smallest absolute Gasteiger partial charge is 0.157 e. The van der Waals surface area contributed by atoms with Crippen LogP contribution >= 0.6 is 0 Å². The van der Waals surface area contributed by atoms with E-state index in [-0.39, 0.29) is 11.9 Å². The average molecular weight is 309 g/mol. The van der Waals surface area contributed by atoms with Crippen molar-refractivity contribution in [3.63, 3.8) is 0 Å². The van der Waals surface area contributed by atoms with E-state index in [0.717, 1.165) is 11.3 Å². The second-order valence-electron chi connectivity index (χ2n) is 7.73. The van der Waals surface area contributed by atoms with Crippen LogP contribution < -0.4 is 0 Å². The van der Waals surface area contributed by atoms with Crippen LogP contribution in [-0.2, 0) is 14.4 Å². The molecule has 5 atom stereocenters. The minimum absolute atomic E-state index is 0.209. The third kappa shape index (κ3) is 1.10. The van der Waals surface area contributed by atoms with E-state index in [1.165, 1.54) is 0 Å². The first-order valence-electron chi connectivity index (χ1n) is 8.09. The molecule has 4 heteroatoms. The Kier molecular flexibility index (Phi) is 2.11. The Labute approximate surface area is 135 Å².